The molecule has 0 unspecified atom stereocenters. The predicted octanol–water partition coefficient (Wildman–Crippen LogP) is 3.23. The average Bonchev–Trinajstić information content (AvgIpc) is 2.56. The lowest BCUT2D eigenvalue weighted by atomic mass is 10.2. The third-order valence-electron chi connectivity index (χ3n) is 3.08. The number of halogens is 1. The van der Waals surface area contributed by atoms with Crippen molar-refractivity contribution in [3.8, 4) is 0 Å². The Morgan fingerprint density at radius 1 is 1.28 bits per heavy atom. The van der Waals surface area contributed by atoms with Crippen LogP contribution in [-0.4, -0.2) is 25.9 Å². The van der Waals surface area contributed by atoms with E-state index in [2.05, 4.69) is 4.72 Å². The molecule has 0 saturated heterocycles. The Morgan fingerprint density at radius 3 is 2.56 bits per heavy atom. The monoisotopic (exact) mass is 384 g/mol. The maximum Gasteiger partial charge on any atom is 0.338 e. The van der Waals surface area contributed by atoms with Crippen molar-refractivity contribution < 1.29 is 22.9 Å². The number of nitro benzene ring substituents is 1. The van der Waals surface area contributed by atoms with E-state index in [-0.39, 0.29) is 22.9 Å². The van der Waals surface area contributed by atoms with Crippen molar-refractivity contribution in [3.63, 3.8) is 0 Å². The third-order valence-corrected chi connectivity index (χ3v) is 4.80. The van der Waals surface area contributed by atoms with Crippen molar-refractivity contribution in [2.75, 3.05) is 11.3 Å². The molecule has 0 atom stereocenters. The van der Waals surface area contributed by atoms with Crippen LogP contribution >= 0.6 is 11.6 Å². The van der Waals surface area contributed by atoms with E-state index < -0.39 is 31.5 Å². The van der Waals surface area contributed by atoms with E-state index in [1.807, 2.05) is 0 Å². The molecule has 0 spiro atoms. The molecule has 25 heavy (non-hydrogen) atoms. The normalized spacial score (nSPS) is 11.0. The van der Waals surface area contributed by atoms with Crippen molar-refractivity contribution in [2.45, 2.75) is 11.8 Å². The first-order valence-corrected chi connectivity index (χ1v) is 8.85. The van der Waals surface area contributed by atoms with Crippen LogP contribution in [0.5, 0.6) is 0 Å². The standard InChI is InChI=1S/C15H13ClN2O6S/c1-2-24-15(19)10-7-8-12(11(16)9-10)17-25(22,23)14-6-4-3-5-13(14)18(20)21/h3-9,17H,2H2,1H3. The highest BCUT2D eigenvalue weighted by Crippen LogP contribution is 2.29. The van der Waals surface area contributed by atoms with Crippen LogP contribution in [-0.2, 0) is 14.8 Å². The first-order chi connectivity index (χ1) is 11.8. The molecular weight excluding hydrogens is 372 g/mol. The van der Waals surface area contributed by atoms with E-state index in [0.29, 0.717) is 0 Å². The molecule has 2 rings (SSSR count). The molecule has 2 aromatic rings. The van der Waals surface area contributed by atoms with Crippen LogP contribution in [0.1, 0.15) is 17.3 Å². The van der Waals surface area contributed by atoms with Gasteiger partial charge in [0.05, 0.1) is 27.8 Å². The second-order valence-electron chi connectivity index (χ2n) is 4.75. The van der Waals surface area contributed by atoms with E-state index >= 15 is 0 Å². The Morgan fingerprint density at radius 2 is 1.96 bits per heavy atom. The van der Waals surface area contributed by atoms with Gasteiger partial charge in [0.2, 0.25) is 0 Å². The number of rotatable bonds is 6. The second kappa shape index (κ2) is 7.49. The zero-order valence-corrected chi connectivity index (χ0v) is 14.5. The number of benzene rings is 2. The lowest BCUT2D eigenvalue weighted by Crippen LogP contribution is -2.15. The molecule has 0 aliphatic carbocycles. The first-order valence-electron chi connectivity index (χ1n) is 6.99. The zero-order chi connectivity index (χ0) is 18.6. The van der Waals surface area contributed by atoms with Gasteiger partial charge in [-0.1, -0.05) is 23.7 Å². The molecule has 0 aliphatic rings. The number of anilines is 1. The number of nitrogens with zero attached hydrogens (tertiary/aromatic N) is 1. The van der Waals surface area contributed by atoms with Gasteiger partial charge in [-0.3, -0.25) is 14.8 Å². The molecule has 132 valence electrons. The van der Waals surface area contributed by atoms with Gasteiger partial charge in [0.25, 0.3) is 15.7 Å². The van der Waals surface area contributed by atoms with Gasteiger partial charge in [-0.25, -0.2) is 13.2 Å². The number of esters is 1. The third kappa shape index (κ3) is 4.25. The number of nitrogens with one attached hydrogen (secondary N) is 1. The fourth-order valence-electron chi connectivity index (χ4n) is 1.97. The largest absolute Gasteiger partial charge is 0.462 e. The van der Waals surface area contributed by atoms with Gasteiger partial charge in [-0.2, -0.15) is 0 Å². The minimum atomic E-state index is -4.25. The summed E-state index contributed by atoms with van der Waals surface area (Å²) in [5.41, 5.74) is -0.428. The topological polar surface area (TPSA) is 116 Å². The summed E-state index contributed by atoms with van der Waals surface area (Å²) in [6.45, 7) is 1.83. The number of carbonyl (C=O) groups excluding carboxylic acids is 1. The van der Waals surface area contributed by atoms with E-state index in [4.69, 9.17) is 16.3 Å². The van der Waals surface area contributed by atoms with E-state index in [1.165, 1.54) is 30.3 Å². The van der Waals surface area contributed by atoms with Crippen LogP contribution in [0.4, 0.5) is 11.4 Å². The van der Waals surface area contributed by atoms with Gasteiger partial charge < -0.3 is 4.74 Å². The Labute approximate surface area is 148 Å². The molecule has 0 amide bonds. The average molecular weight is 385 g/mol. The number of hydrogen-bond acceptors (Lipinski definition) is 6. The number of nitro groups is 1. The molecule has 2 aromatic carbocycles. The smallest absolute Gasteiger partial charge is 0.338 e. The Kier molecular flexibility index (Phi) is 5.60. The molecule has 10 heteroatoms. The van der Waals surface area contributed by atoms with Crippen LogP contribution in [0.2, 0.25) is 5.02 Å². The summed E-state index contributed by atoms with van der Waals surface area (Å²) in [6.07, 6.45) is 0. The lowest BCUT2D eigenvalue weighted by molar-refractivity contribution is -0.387. The number of hydrogen-bond donors (Lipinski definition) is 1. The SMILES string of the molecule is CCOC(=O)c1ccc(NS(=O)(=O)c2ccccc2[N+](=O)[O-])c(Cl)c1. The summed E-state index contributed by atoms with van der Waals surface area (Å²) in [5.74, 6) is -0.600. The Balaban J connectivity index is 2.36. The van der Waals surface area contributed by atoms with Gasteiger partial charge in [-0.05, 0) is 31.2 Å². The number of carbonyl (C=O) groups is 1. The zero-order valence-electron chi connectivity index (χ0n) is 12.9. The quantitative estimate of drug-likeness (QED) is 0.464. The van der Waals surface area contributed by atoms with Gasteiger partial charge in [-0.15, -0.1) is 0 Å². The number of ether oxygens (including phenoxy) is 1. The Bertz CT molecular complexity index is 929. The van der Waals surface area contributed by atoms with Crippen molar-refractivity contribution >= 4 is 39.0 Å². The summed E-state index contributed by atoms with van der Waals surface area (Å²) >= 11 is 6.00. The maximum atomic E-state index is 12.4. The second-order valence-corrected chi connectivity index (χ2v) is 6.80. The molecule has 0 aromatic heterocycles. The Hall–Kier alpha value is -2.65. The van der Waals surface area contributed by atoms with E-state index in [0.717, 1.165) is 12.1 Å². The van der Waals surface area contributed by atoms with Crippen molar-refractivity contribution in [3.05, 3.63) is 63.2 Å². The lowest BCUT2D eigenvalue weighted by Gasteiger charge is -2.11. The van der Waals surface area contributed by atoms with Crippen LogP contribution in [0.3, 0.4) is 0 Å². The molecule has 0 aliphatic heterocycles. The molecule has 0 fully saturated rings. The summed E-state index contributed by atoms with van der Waals surface area (Å²) in [5, 5.41) is 11.0. The minimum absolute atomic E-state index is 0.0205. The molecule has 1 N–H and O–H groups in total. The predicted molar refractivity (Wildman–Crippen MR) is 91.3 cm³/mol. The van der Waals surface area contributed by atoms with Gasteiger partial charge in [0.1, 0.15) is 0 Å². The summed E-state index contributed by atoms with van der Waals surface area (Å²) < 4.78 is 31.9. The highest BCUT2D eigenvalue weighted by molar-refractivity contribution is 7.92. The first kappa shape index (κ1) is 18.7. The fraction of sp³-hybridized carbons (Fsp3) is 0.133. The van der Waals surface area contributed by atoms with Crippen molar-refractivity contribution in [1.82, 2.24) is 0 Å². The van der Waals surface area contributed by atoms with Gasteiger partial charge in [0, 0.05) is 6.07 Å². The minimum Gasteiger partial charge on any atom is -0.462 e. The molecule has 0 radical (unpaired) electrons. The fourth-order valence-corrected chi connectivity index (χ4v) is 3.51. The highest BCUT2D eigenvalue weighted by Gasteiger charge is 2.26. The number of sulfonamides is 1. The van der Waals surface area contributed by atoms with Crippen LogP contribution in [0.25, 0.3) is 0 Å². The van der Waals surface area contributed by atoms with Crippen molar-refractivity contribution in [2.24, 2.45) is 0 Å². The summed E-state index contributed by atoms with van der Waals surface area (Å²) in [7, 11) is -4.25. The van der Waals surface area contributed by atoms with Crippen LogP contribution < -0.4 is 4.72 Å². The van der Waals surface area contributed by atoms with E-state index in [9.17, 15) is 23.3 Å². The highest BCUT2D eigenvalue weighted by atomic mass is 35.5. The molecule has 0 saturated carbocycles. The van der Waals surface area contributed by atoms with Crippen LogP contribution in [0, 0.1) is 10.1 Å². The molecule has 0 bridgehead atoms. The van der Waals surface area contributed by atoms with Gasteiger partial charge in [0.15, 0.2) is 4.90 Å². The maximum absolute atomic E-state index is 12.4. The molecule has 8 nitrogen and oxygen atoms in total. The molecule has 0 heterocycles. The molecular formula is C15H13ClN2O6S. The van der Waals surface area contributed by atoms with Gasteiger partial charge >= 0.3 is 5.97 Å². The van der Waals surface area contributed by atoms with E-state index in [1.54, 1.807) is 6.92 Å². The number of para-hydroxylation sites is 1. The summed E-state index contributed by atoms with van der Waals surface area (Å²) in [4.78, 5) is 21.4. The van der Waals surface area contributed by atoms with Crippen LogP contribution in [0.15, 0.2) is 47.4 Å². The summed E-state index contributed by atoms with van der Waals surface area (Å²) in [6, 6.07) is 8.78. The van der Waals surface area contributed by atoms with Crippen molar-refractivity contribution in [1.29, 1.82) is 0 Å².